The Morgan fingerprint density at radius 1 is 1.18 bits per heavy atom. The quantitative estimate of drug-likeness (QED) is 0.279. The summed E-state index contributed by atoms with van der Waals surface area (Å²) in [6, 6.07) is 8.17. The summed E-state index contributed by atoms with van der Waals surface area (Å²) >= 11 is 0. The molecule has 4 aromatic rings. The molecule has 3 aromatic heterocycles. The van der Waals surface area contributed by atoms with Gasteiger partial charge in [-0.2, -0.15) is 18.3 Å². The van der Waals surface area contributed by atoms with Crippen LogP contribution in [0.25, 0.3) is 22.2 Å². The van der Waals surface area contributed by atoms with Gasteiger partial charge in [-0.05, 0) is 42.9 Å². The predicted molar refractivity (Wildman–Crippen MR) is 134 cm³/mol. The van der Waals surface area contributed by atoms with Crippen molar-refractivity contribution in [2.45, 2.75) is 69.1 Å². The standard InChI is InChI=1S/C27H28F5N7/c1-39-14-34-38-25(39)22(15-4-2-5-15)16-6-3-7-17(10-16)23-19-11-21(27(30,31)32)35-20(24(19)37-36-23)13-33-18-8-9-26(28,29)12-18/h3,6-7,10-11,14-15,18,22,33H,2,4-5,8-9,12-13H2,1H3,(H,36,37)/t18-,22+/m0/s1. The van der Waals surface area contributed by atoms with Crippen LogP contribution in [0.4, 0.5) is 22.0 Å². The number of rotatable bonds is 7. The maximum Gasteiger partial charge on any atom is 0.433 e. The van der Waals surface area contributed by atoms with E-state index in [0.29, 0.717) is 22.7 Å². The Bertz CT molecular complexity index is 1490. The fraction of sp³-hybridized carbons (Fsp3) is 0.481. The first kappa shape index (κ1) is 25.8. The lowest BCUT2D eigenvalue weighted by molar-refractivity contribution is -0.141. The van der Waals surface area contributed by atoms with E-state index >= 15 is 0 Å². The smallest absolute Gasteiger partial charge is 0.320 e. The Balaban J connectivity index is 1.38. The second kappa shape index (κ2) is 9.65. The fourth-order valence-electron chi connectivity index (χ4n) is 5.80. The Morgan fingerprint density at radius 3 is 2.64 bits per heavy atom. The van der Waals surface area contributed by atoms with Crippen LogP contribution in [0.3, 0.4) is 0 Å². The molecule has 2 atom stereocenters. The molecule has 2 fully saturated rings. The molecule has 0 unspecified atom stereocenters. The molecule has 0 spiro atoms. The molecule has 12 heteroatoms. The summed E-state index contributed by atoms with van der Waals surface area (Å²) in [6.07, 6.45) is -0.0656. The van der Waals surface area contributed by atoms with E-state index in [4.69, 9.17) is 0 Å². The highest BCUT2D eigenvalue weighted by Gasteiger charge is 2.40. The van der Waals surface area contributed by atoms with Crippen molar-refractivity contribution in [3.8, 4) is 11.3 Å². The summed E-state index contributed by atoms with van der Waals surface area (Å²) in [4.78, 5) is 3.84. The molecule has 2 N–H and O–H groups in total. The van der Waals surface area contributed by atoms with Crippen LogP contribution in [0.5, 0.6) is 0 Å². The van der Waals surface area contributed by atoms with Crippen molar-refractivity contribution in [2.24, 2.45) is 13.0 Å². The van der Waals surface area contributed by atoms with Crippen molar-refractivity contribution in [1.29, 1.82) is 0 Å². The summed E-state index contributed by atoms with van der Waals surface area (Å²) in [5.41, 5.74) is 1.44. The third-order valence-corrected chi connectivity index (χ3v) is 8.05. The molecule has 206 valence electrons. The van der Waals surface area contributed by atoms with Gasteiger partial charge in [-0.3, -0.25) is 5.10 Å². The Kier molecular flexibility index (Phi) is 6.40. The fourth-order valence-corrected chi connectivity index (χ4v) is 5.80. The molecule has 2 aliphatic rings. The van der Waals surface area contributed by atoms with Gasteiger partial charge >= 0.3 is 6.18 Å². The van der Waals surface area contributed by atoms with Crippen LogP contribution >= 0.6 is 0 Å². The number of halogens is 5. The van der Waals surface area contributed by atoms with Gasteiger partial charge in [-0.1, -0.05) is 24.6 Å². The molecule has 3 heterocycles. The molecule has 0 saturated heterocycles. The van der Waals surface area contributed by atoms with Crippen LogP contribution < -0.4 is 5.32 Å². The van der Waals surface area contributed by atoms with Crippen LogP contribution in [-0.2, 0) is 19.8 Å². The van der Waals surface area contributed by atoms with E-state index in [2.05, 4.69) is 30.7 Å². The summed E-state index contributed by atoms with van der Waals surface area (Å²) in [6.45, 7) is -0.0846. The Labute approximate surface area is 221 Å². The summed E-state index contributed by atoms with van der Waals surface area (Å²) in [7, 11) is 1.90. The lowest BCUT2D eigenvalue weighted by Crippen LogP contribution is -2.28. The van der Waals surface area contributed by atoms with Crippen molar-refractivity contribution < 1.29 is 22.0 Å². The molecule has 2 saturated carbocycles. The number of fused-ring (bicyclic) bond motifs is 1. The van der Waals surface area contributed by atoms with Crippen LogP contribution in [0.2, 0.25) is 0 Å². The number of aromatic amines is 1. The highest BCUT2D eigenvalue weighted by atomic mass is 19.4. The molecule has 0 amide bonds. The number of aryl methyl sites for hydroxylation is 1. The number of pyridine rings is 1. The molecule has 39 heavy (non-hydrogen) atoms. The molecule has 0 bridgehead atoms. The number of nitrogens with one attached hydrogen (secondary N) is 2. The highest BCUT2D eigenvalue weighted by molar-refractivity contribution is 5.94. The second-order valence-corrected chi connectivity index (χ2v) is 10.7. The van der Waals surface area contributed by atoms with Crippen molar-refractivity contribution in [3.05, 3.63) is 59.4 Å². The van der Waals surface area contributed by atoms with Gasteiger partial charge in [0.2, 0.25) is 5.92 Å². The SMILES string of the molecule is Cn1cnnc1[C@@H](c1cccc(-c2n[nH]c3c(CN[C@H]4CCC(F)(F)C4)nc(C(F)(F)F)cc23)c1)C1CCC1. The number of hydrogen-bond acceptors (Lipinski definition) is 5. The zero-order chi connectivity index (χ0) is 27.4. The van der Waals surface area contributed by atoms with Gasteiger partial charge < -0.3 is 9.88 Å². The van der Waals surface area contributed by atoms with Gasteiger partial charge in [-0.25, -0.2) is 13.8 Å². The molecular formula is C27H28F5N7. The monoisotopic (exact) mass is 545 g/mol. The van der Waals surface area contributed by atoms with E-state index in [-0.39, 0.29) is 42.8 Å². The average molecular weight is 546 g/mol. The number of benzene rings is 1. The van der Waals surface area contributed by atoms with Gasteiger partial charge in [0.1, 0.15) is 23.5 Å². The van der Waals surface area contributed by atoms with Crippen LogP contribution in [0, 0.1) is 5.92 Å². The first-order valence-corrected chi connectivity index (χ1v) is 13.1. The minimum atomic E-state index is -4.68. The number of aromatic nitrogens is 6. The van der Waals surface area contributed by atoms with Gasteiger partial charge in [0, 0.05) is 49.3 Å². The van der Waals surface area contributed by atoms with Crippen LogP contribution in [0.1, 0.15) is 67.2 Å². The van der Waals surface area contributed by atoms with E-state index in [1.54, 1.807) is 6.33 Å². The predicted octanol–water partition coefficient (Wildman–Crippen LogP) is 5.98. The van der Waals surface area contributed by atoms with Gasteiger partial charge in [-0.15, -0.1) is 10.2 Å². The van der Waals surface area contributed by atoms with E-state index in [1.165, 1.54) is 0 Å². The first-order chi connectivity index (χ1) is 18.6. The third-order valence-electron chi connectivity index (χ3n) is 8.05. The highest BCUT2D eigenvalue weighted by Crippen LogP contribution is 2.44. The van der Waals surface area contributed by atoms with Crippen molar-refractivity contribution in [3.63, 3.8) is 0 Å². The number of nitrogens with zero attached hydrogens (tertiary/aromatic N) is 5. The molecular weight excluding hydrogens is 517 g/mol. The minimum Gasteiger partial charge on any atom is -0.320 e. The molecule has 0 radical (unpaired) electrons. The third kappa shape index (κ3) is 5.02. The average Bonchev–Trinajstić information content (AvgIpc) is 3.57. The van der Waals surface area contributed by atoms with E-state index in [0.717, 1.165) is 36.7 Å². The van der Waals surface area contributed by atoms with Crippen molar-refractivity contribution >= 4 is 10.9 Å². The zero-order valence-electron chi connectivity index (χ0n) is 21.3. The second-order valence-electron chi connectivity index (χ2n) is 10.7. The molecule has 6 rings (SSSR count). The maximum atomic E-state index is 13.9. The number of H-pyrrole nitrogens is 1. The van der Waals surface area contributed by atoms with E-state index < -0.39 is 23.8 Å². The van der Waals surface area contributed by atoms with Crippen LogP contribution in [0.15, 0.2) is 36.7 Å². The lowest BCUT2D eigenvalue weighted by atomic mass is 9.72. The zero-order valence-corrected chi connectivity index (χ0v) is 21.3. The largest absolute Gasteiger partial charge is 0.433 e. The van der Waals surface area contributed by atoms with E-state index in [1.807, 2.05) is 35.9 Å². The maximum absolute atomic E-state index is 13.9. The van der Waals surface area contributed by atoms with Crippen molar-refractivity contribution in [2.75, 3.05) is 0 Å². The molecule has 2 aliphatic carbocycles. The molecule has 7 nitrogen and oxygen atoms in total. The van der Waals surface area contributed by atoms with Crippen LogP contribution in [-0.4, -0.2) is 41.9 Å². The topological polar surface area (TPSA) is 84.3 Å². The van der Waals surface area contributed by atoms with E-state index in [9.17, 15) is 22.0 Å². The Hall–Kier alpha value is -3.41. The first-order valence-electron chi connectivity index (χ1n) is 13.1. The molecule has 1 aromatic carbocycles. The molecule has 0 aliphatic heterocycles. The summed E-state index contributed by atoms with van der Waals surface area (Å²) in [5.74, 6) is -1.50. The minimum absolute atomic E-state index is 0.00751. The lowest BCUT2D eigenvalue weighted by Gasteiger charge is -2.33. The summed E-state index contributed by atoms with van der Waals surface area (Å²) < 4.78 is 70.7. The Morgan fingerprint density at radius 2 is 2.00 bits per heavy atom. The summed E-state index contributed by atoms with van der Waals surface area (Å²) in [5, 5.41) is 18.9. The van der Waals surface area contributed by atoms with Crippen molar-refractivity contribution in [1.82, 2.24) is 35.3 Å². The number of hydrogen-bond donors (Lipinski definition) is 2. The van der Waals surface area contributed by atoms with Gasteiger partial charge in [0.15, 0.2) is 0 Å². The number of alkyl halides is 5. The normalized spacial score (nSPS) is 20.4. The van der Waals surface area contributed by atoms with Gasteiger partial charge in [0.05, 0.1) is 11.2 Å². The van der Waals surface area contributed by atoms with Gasteiger partial charge in [0.25, 0.3) is 0 Å².